The third-order valence-electron chi connectivity index (χ3n) is 11.7. The summed E-state index contributed by atoms with van der Waals surface area (Å²) in [5.41, 5.74) is 19.0. The van der Waals surface area contributed by atoms with Crippen LogP contribution in [0.2, 0.25) is 0 Å². The number of aliphatic imine (C=N–C) groups is 1. The van der Waals surface area contributed by atoms with Crippen molar-refractivity contribution in [2.75, 3.05) is 37.2 Å². The predicted molar refractivity (Wildman–Crippen MR) is 220 cm³/mol. The molecule has 282 valence electrons. The number of hydrogen-bond donors (Lipinski definition) is 2. The molecule has 8 rings (SSSR count). The molecule has 2 aromatic heterocycles. The van der Waals surface area contributed by atoms with Gasteiger partial charge in [0.2, 0.25) is 0 Å². The van der Waals surface area contributed by atoms with Gasteiger partial charge in [-0.15, -0.1) is 0 Å². The number of para-hydroxylation sites is 1. The molecular weight excluding hydrogens is 686 g/mol. The van der Waals surface area contributed by atoms with Gasteiger partial charge in [0.1, 0.15) is 5.52 Å². The number of nitriles is 1. The van der Waals surface area contributed by atoms with Crippen molar-refractivity contribution in [2.45, 2.75) is 85.0 Å². The maximum atomic E-state index is 14.7. The Bertz CT molecular complexity index is 2300. The van der Waals surface area contributed by atoms with Crippen LogP contribution < -0.4 is 11.1 Å². The van der Waals surface area contributed by atoms with Crippen LogP contribution >= 0.6 is 0 Å². The molecule has 3 N–H and O–H groups in total. The maximum Gasteiger partial charge on any atom is 0.165 e. The van der Waals surface area contributed by atoms with Crippen LogP contribution in [0.15, 0.2) is 65.8 Å². The van der Waals surface area contributed by atoms with Crippen molar-refractivity contribution < 1.29 is 4.39 Å². The molecule has 2 saturated heterocycles. The summed E-state index contributed by atoms with van der Waals surface area (Å²) in [5.74, 6) is 1.36. The molecule has 1 atom stereocenters. The largest absolute Gasteiger partial charge is 0.397 e. The molecule has 0 saturated carbocycles. The minimum absolute atomic E-state index is 0.102. The molecular formula is C45H50FN9. The van der Waals surface area contributed by atoms with E-state index in [0.29, 0.717) is 40.2 Å². The topological polar surface area (TPSA) is 119 Å². The molecule has 55 heavy (non-hydrogen) atoms. The number of nitrogens with one attached hydrogen (secondary N) is 1. The lowest BCUT2D eigenvalue weighted by Crippen LogP contribution is -2.33. The fraction of sp³-hybridized carbons (Fsp3) is 0.400. The van der Waals surface area contributed by atoms with Crippen molar-refractivity contribution in [2.24, 2.45) is 10.9 Å². The standard InChI is InChI=1S/C45H50FN9/c1-4-9-30-14-18-55(19-15-30)26-31-20-33(24-47)37-23-40(50-39(37)21-31)35-11-7-10-34(28(35)2)36-12-8-13-38(42(36)48)51-45-43-41(52-44(53-45)29(3)46)22-32(25-49-43)27-54-16-5-6-17-54/h7-8,10-13,20-22,25,29-30H,4-6,9,14-19,23,26-27,48H2,1-3H3,(H,51,52,53). The van der Waals surface area contributed by atoms with Crippen LogP contribution in [-0.2, 0) is 19.5 Å². The van der Waals surface area contributed by atoms with Crippen LogP contribution in [0.1, 0.15) is 97.7 Å². The molecule has 10 heteroatoms. The fourth-order valence-corrected chi connectivity index (χ4v) is 8.70. The highest BCUT2D eigenvalue weighted by molar-refractivity contribution is 6.09. The summed E-state index contributed by atoms with van der Waals surface area (Å²) in [6.07, 6.45) is 8.59. The van der Waals surface area contributed by atoms with E-state index in [1.807, 2.05) is 36.5 Å². The highest BCUT2D eigenvalue weighted by Crippen LogP contribution is 2.39. The Morgan fingerprint density at radius 1 is 0.945 bits per heavy atom. The van der Waals surface area contributed by atoms with E-state index in [-0.39, 0.29) is 5.82 Å². The maximum absolute atomic E-state index is 14.7. The molecule has 0 aliphatic carbocycles. The number of piperidine rings is 1. The minimum Gasteiger partial charge on any atom is -0.397 e. The molecule has 2 fully saturated rings. The van der Waals surface area contributed by atoms with Gasteiger partial charge in [-0.2, -0.15) is 5.26 Å². The van der Waals surface area contributed by atoms with Crippen LogP contribution in [0.25, 0.3) is 22.2 Å². The first-order valence-corrected chi connectivity index (χ1v) is 19.9. The second kappa shape index (κ2) is 15.9. The Morgan fingerprint density at radius 2 is 1.67 bits per heavy atom. The Labute approximate surface area is 323 Å². The minimum atomic E-state index is -1.35. The number of hydrogen-bond acceptors (Lipinski definition) is 9. The van der Waals surface area contributed by atoms with Crippen LogP contribution in [0.4, 0.5) is 27.3 Å². The summed E-state index contributed by atoms with van der Waals surface area (Å²) in [4.78, 5) is 24.0. The number of fused-ring (bicyclic) bond motifs is 2. The first-order chi connectivity index (χ1) is 26.8. The molecule has 3 aromatic carbocycles. The lowest BCUT2D eigenvalue weighted by atomic mass is 9.91. The Kier molecular flexibility index (Phi) is 10.6. The Balaban J connectivity index is 1.06. The van der Waals surface area contributed by atoms with E-state index in [2.05, 4.69) is 69.3 Å². The highest BCUT2D eigenvalue weighted by atomic mass is 19.1. The van der Waals surface area contributed by atoms with Crippen molar-refractivity contribution in [3.63, 3.8) is 0 Å². The summed E-state index contributed by atoms with van der Waals surface area (Å²) in [5, 5.41) is 13.6. The number of nitrogen functional groups attached to an aromatic ring is 1. The van der Waals surface area contributed by atoms with Crippen molar-refractivity contribution in [1.29, 1.82) is 5.26 Å². The van der Waals surface area contributed by atoms with Gasteiger partial charge in [-0.3, -0.25) is 19.8 Å². The Morgan fingerprint density at radius 3 is 2.44 bits per heavy atom. The number of alkyl halides is 1. The average Bonchev–Trinajstić information content (AvgIpc) is 3.86. The molecule has 3 aliphatic heterocycles. The van der Waals surface area contributed by atoms with Gasteiger partial charge in [0.05, 0.1) is 39.9 Å². The van der Waals surface area contributed by atoms with Crippen molar-refractivity contribution >= 4 is 39.6 Å². The molecule has 5 aromatic rings. The molecule has 5 heterocycles. The summed E-state index contributed by atoms with van der Waals surface area (Å²) in [7, 11) is 0. The zero-order valence-corrected chi connectivity index (χ0v) is 32.2. The van der Waals surface area contributed by atoms with Gasteiger partial charge in [0, 0.05) is 36.8 Å². The summed E-state index contributed by atoms with van der Waals surface area (Å²) in [6, 6.07) is 20.8. The van der Waals surface area contributed by atoms with E-state index in [9.17, 15) is 9.65 Å². The van der Waals surface area contributed by atoms with E-state index >= 15 is 0 Å². The van der Waals surface area contributed by atoms with Crippen LogP contribution in [-0.4, -0.2) is 56.6 Å². The number of likely N-dealkylation sites (tertiary alicyclic amines) is 2. The number of pyridine rings is 1. The third-order valence-corrected chi connectivity index (χ3v) is 11.7. The zero-order valence-electron chi connectivity index (χ0n) is 32.2. The second-order valence-electron chi connectivity index (χ2n) is 15.6. The fourth-order valence-electron chi connectivity index (χ4n) is 8.70. The van der Waals surface area contributed by atoms with Gasteiger partial charge >= 0.3 is 0 Å². The summed E-state index contributed by atoms with van der Waals surface area (Å²) < 4.78 is 14.7. The van der Waals surface area contributed by atoms with Gasteiger partial charge < -0.3 is 11.1 Å². The lowest BCUT2D eigenvalue weighted by molar-refractivity contribution is 0.172. The van der Waals surface area contributed by atoms with Crippen LogP contribution in [0.5, 0.6) is 0 Å². The molecule has 0 spiro atoms. The molecule has 9 nitrogen and oxygen atoms in total. The molecule has 0 radical (unpaired) electrons. The number of halogens is 1. The SMILES string of the molecule is CCCC1CCN(Cc2cc(C#N)c3c(c2)N=C(c2cccc(-c4cccc(Nc5nc(C(C)F)nc6cc(CN7CCCC7)cnc56)c4N)c2C)C3)CC1. The highest BCUT2D eigenvalue weighted by Gasteiger charge is 2.25. The zero-order chi connectivity index (χ0) is 38.1. The van der Waals surface area contributed by atoms with Crippen LogP contribution in [0, 0.1) is 24.2 Å². The average molecular weight is 736 g/mol. The normalized spacial score (nSPS) is 17.0. The van der Waals surface area contributed by atoms with E-state index < -0.39 is 6.17 Å². The number of rotatable bonds is 11. The Hall–Kier alpha value is -5.24. The van der Waals surface area contributed by atoms with E-state index in [1.54, 1.807) is 0 Å². The van der Waals surface area contributed by atoms with E-state index in [1.165, 1.54) is 45.4 Å². The van der Waals surface area contributed by atoms with Gasteiger partial charge in [0.15, 0.2) is 17.8 Å². The number of aromatic nitrogens is 3. The number of anilines is 3. The number of nitrogens with zero attached hydrogens (tertiary/aromatic N) is 7. The lowest BCUT2D eigenvalue weighted by Gasteiger charge is -2.32. The number of benzene rings is 3. The van der Waals surface area contributed by atoms with Crippen LogP contribution in [0.3, 0.4) is 0 Å². The van der Waals surface area contributed by atoms with Gasteiger partial charge in [-0.1, -0.05) is 50.1 Å². The second-order valence-corrected chi connectivity index (χ2v) is 15.6. The van der Waals surface area contributed by atoms with Crippen molar-refractivity contribution in [1.82, 2.24) is 24.8 Å². The predicted octanol–water partition coefficient (Wildman–Crippen LogP) is 9.51. The molecule has 0 bridgehead atoms. The molecule has 0 amide bonds. The summed E-state index contributed by atoms with van der Waals surface area (Å²) >= 11 is 0. The summed E-state index contributed by atoms with van der Waals surface area (Å²) in [6.45, 7) is 11.8. The van der Waals surface area contributed by atoms with Crippen molar-refractivity contribution in [3.05, 3.63) is 100.0 Å². The van der Waals surface area contributed by atoms with Crippen molar-refractivity contribution in [3.8, 4) is 17.2 Å². The smallest absolute Gasteiger partial charge is 0.165 e. The molecule has 3 aliphatic rings. The van der Waals surface area contributed by atoms with Gasteiger partial charge in [0.25, 0.3) is 0 Å². The quantitative estimate of drug-likeness (QED) is 0.129. The molecule has 1 unspecified atom stereocenters. The number of nitrogens with two attached hydrogens (primary N) is 1. The van der Waals surface area contributed by atoms with E-state index in [0.717, 1.165) is 95.5 Å². The first kappa shape index (κ1) is 36.7. The first-order valence-electron chi connectivity index (χ1n) is 19.9. The van der Waals surface area contributed by atoms with E-state index in [4.69, 9.17) is 15.7 Å². The monoisotopic (exact) mass is 735 g/mol. The van der Waals surface area contributed by atoms with Gasteiger partial charge in [-0.05, 0) is 124 Å². The van der Waals surface area contributed by atoms with Gasteiger partial charge in [-0.25, -0.2) is 14.4 Å². The third kappa shape index (κ3) is 7.69.